The number of pyridine rings is 1. The first kappa shape index (κ1) is 41.8. The third-order valence-electron chi connectivity index (χ3n) is 15.0. The molecule has 8 rings (SSSR count). The number of aromatic nitrogens is 1. The molecule has 1 saturated heterocycles. The van der Waals surface area contributed by atoms with Crippen molar-refractivity contribution in [3.63, 3.8) is 0 Å². The molecule has 2 aromatic rings. The molecule has 1 aromatic carbocycles. The molecule has 1 amide bonds. The van der Waals surface area contributed by atoms with Gasteiger partial charge in [-0.05, 0) is 81.9 Å². The lowest BCUT2D eigenvalue weighted by Crippen LogP contribution is -2.61. The number of amides is 1. The minimum atomic E-state index is -1.85. The van der Waals surface area contributed by atoms with E-state index in [9.17, 15) is 44.1 Å². The first-order valence-electron chi connectivity index (χ1n) is 20.9. The Balaban J connectivity index is 0.899. The van der Waals surface area contributed by atoms with Crippen LogP contribution in [-0.4, -0.2) is 111 Å². The van der Waals surface area contributed by atoms with E-state index in [0.29, 0.717) is 18.4 Å². The number of aromatic carboxylic acids is 1. The highest BCUT2D eigenvalue weighted by atomic mass is 19.1. The van der Waals surface area contributed by atoms with Crippen LogP contribution in [0.3, 0.4) is 0 Å². The number of ether oxygens (including phenoxy) is 2. The zero-order chi connectivity index (χ0) is 43.2. The molecule has 0 radical (unpaired) electrons. The first-order valence-corrected chi connectivity index (χ1v) is 20.9. The largest absolute Gasteiger partial charge is 0.492 e. The normalized spacial score (nSPS) is 32.8. The van der Waals surface area contributed by atoms with E-state index in [0.717, 1.165) is 30.9 Å². The standard InChI is InChI=1S/C44H53FN4O11/c1-22-19-47(37-30(45)16-27-36(39(37)59-4)49(24-6-7-24)20-28(38(27)54)41(56)57)13-14-48(22)40(55)31(46)17-34(53)60-21-33(52)44(58)12-10-29-26-8-5-23-15-25(50)9-11-42(23,2)35(26)32(51)18-43(29,44)3/h9,11,15-16,20,22,24,26,29,31-32,35,51,58H,5-8,10,12-14,17-19,21,46H2,1-4H3,(H,56,57)/t22?,26?,29?,31-,32-,35?,42-,43-,44-/m1/s1. The predicted molar refractivity (Wildman–Crippen MR) is 215 cm³/mol. The number of ketones is 2. The van der Waals surface area contributed by atoms with Crippen molar-refractivity contribution >= 4 is 46.0 Å². The Morgan fingerprint density at radius 2 is 1.83 bits per heavy atom. The minimum Gasteiger partial charge on any atom is -0.492 e. The van der Waals surface area contributed by atoms with Crippen LogP contribution in [0.1, 0.15) is 88.5 Å². The van der Waals surface area contributed by atoms with Gasteiger partial charge in [0.1, 0.15) is 16.9 Å². The van der Waals surface area contributed by atoms with Crippen LogP contribution in [0.4, 0.5) is 10.1 Å². The zero-order valence-electron chi connectivity index (χ0n) is 34.3. The van der Waals surface area contributed by atoms with Crippen LogP contribution in [-0.2, 0) is 23.9 Å². The molecule has 4 saturated carbocycles. The van der Waals surface area contributed by atoms with Crippen LogP contribution in [0.25, 0.3) is 10.9 Å². The number of hydrogen-bond acceptors (Lipinski definition) is 12. The molecule has 5 N–H and O–H groups in total. The summed E-state index contributed by atoms with van der Waals surface area (Å²) in [6, 6.07) is -0.869. The van der Waals surface area contributed by atoms with Gasteiger partial charge in [0.2, 0.25) is 17.1 Å². The number of fused-ring (bicyclic) bond motifs is 6. The quantitative estimate of drug-likeness (QED) is 0.254. The van der Waals surface area contributed by atoms with E-state index in [2.05, 4.69) is 0 Å². The molecule has 322 valence electrons. The number of Topliss-reactive ketones (excluding diaryl/α,β-unsaturated/α-hetero) is 1. The van der Waals surface area contributed by atoms with Gasteiger partial charge in [0.05, 0.1) is 36.6 Å². The van der Waals surface area contributed by atoms with Gasteiger partial charge in [-0.2, -0.15) is 0 Å². The van der Waals surface area contributed by atoms with Gasteiger partial charge in [-0.25, -0.2) is 9.18 Å². The van der Waals surface area contributed by atoms with E-state index >= 15 is 4.39 Å². The fraction of sp³-hybridized carbons (Fsp3) is 0.591. The Bertz CT molecular complexity index is 2320. The molecule has 0 spiro atoms. The van der Waals surface area contributed by atoms with Crippen LogP contribution in [0.2, 0.25) is 0 Å². The molecule has 60 heavy (non-hydrogen) atoms. The Kier molecular flexibility index (Phi) is 10.4. The van der Waals surface area contributed by atoms with Crippen LogP contribution >= 0.6 is 0 Å². The van der Waals surface area contributed by atoms with Gasteiger partial charge in [-0.3, -0.25) is 24.0 Å². The molecule has 15 nitrogen and oxygen atoms in total. The smallest absolute Gasteiger partial charge is 0.341 e. The molecule has 4 unspecified atom stereocenters. The second-order valence-electron chi connectivity index (χ2n) is 18.3. The number of allylic oxidation sites excluding steroid dienone is 4. The number of esters is 1. The summed E-state index contributed by atoms with van der Waals surface area (Å²) < 4.78 is 28.7. The van der Waals surface area contributed by atoms with Crippen LogP contribution in [0.5, 0.6) is 5.75 Å². The topological polar surface area (TPSA) is 219 Å². The van der Waals surface area contributed by atoms with E-state index in [1.54, 1.807) is 28.5 Å². The summed E-state index contributed by atoms with van der Waals surface area (Å²) in [5, 5.41) is 33.2. The number of nitrogens with zero attached hydrogens (tertiary/aromatic N) is 3. The number of carbonyl (C=O) groups is 5. The fourth-order valence-corrected chi connectivity index (χ4v) is 11.8. The van der Waals surface area contributed by atoms with E-state index < -0.39 is 88.1 Å². The first-order chi connectivity index (χ1) is 28.3. The van der Waals surface area contributed by atoms with Gasteiger partial charge in [-0.15, -0.1) is 0 Å². The Morgan fingerprint density at radius 1 is 1.10 bits per heavy atom. The zero-order valence-corrected chi connectivity index (χ0v) is 34.3. The number of carboxylic acids is 1. The van der Waals surface area contributed by atoms with Gasteiger partial charge in [-0.1, -0.05) is 25.5 Å². The Morgan fingerprint density at radius 3 is 2.50 bits per heavy atom. The second kappa shape index (κ2) is 14.9. The lowest BCUT2D eigenvalue weighted by Gasteiger charge is -2.59. The number of rotatable bonds is 10. The lowest BCUT2D eigenvalue weighted by atomic mass is 9.46. The van der Waals surface area contributed by atoms with Gasteiger partial charge in [0.25, 0.3) is 0 Å². The second-order valence-corrected chi connectivity index (χ2v) is 18.3. The number of hydrogen-bond donors (Lipinski definition) is 4. The van der Waals surface area contributed by atoms with Crippen molar-refractivity contribution in [2.24, 2.45) is 34.3 Å². The van der Waals surface area contributed by atoms with E-state index in [-0.39, 0.29) is 78.9 Å². The van der Waals surface area contributed by atoms with Crippen LogP contribution in [0.15, 0.2) is 40.9 Å². The number of aliphatic hydroxyl groups is 2. The van der Waals surface area contributed by atoms with Crippen molar-refractivity contribution in [1.29, 1.82) is 0 Å². The van der Waals surface area contributed by atoms with Gasteiger partial charge >= 0.3 is 11.9 Å². The van der Waals surface area contributed by atoms with Gasteiger partial charge in [0.15, 0.2) is 24.0 Å². The number of anilines is 1. The summed E-state index contributed by atoms with van der Waals surface area (Å²) in [6.45, 7) is 5.28. The molecule has 16 heteroatoms. The molecule has 2 heterocycles. The van der Waals surface area contributed by atoms with Crippen molar-refractivity contribution in [3.05, 3.63) is 57.7 Å². The summed E-state index contributed by atoms with van der Waals surface area (Å²) >= 11 is 0. The summed E-state index contributed by atoms with van der Waals surface area (Å²) in [6.07, 6.45) is 8.82. The molecule has 0 bridgehead atoms. The number of carboxylic acid groups (broad SMARTS) is 1. The summed E-state index contributed by atoms with van der Waals surface area (Å²) in [5.41, 5.74) is 3.01. The van der Waals surface area contributed by atoms with Crippen LogP contribution < -0.4 is 20.8 Å². The SMILES string of the molecule is COc1c(N2CCN(C(=O)[C@H](N)CC(=O)OCC(=O)[C@]3(O)CCC4C5CCC6=CC(=O)C=C[C@@]6(C)C5[C@H](O)C[C@]43C)C(C)C2)c(F)cc2c(=O)c(C(=O)O)cn(C3CC3)c12. The number of aliphatic hydroxyl groups excluding tert-OH is 1. The van der Waals surface area contributed by atoms with E-state index in [1.165, 1.54) is 18.2 Å². The maximum Gasteiger partial charge on any atom is 0.341 e. The maximum absolute atomic E-state index is 16.0. The highest BCUT2D eigenvalue weighted by molar-refractivity contribution is 6.01. The molecule has 6 aliphatic rings. The molecule has 9 atom stereocenters. The number of carbonyl (C=O) groups excluding carboxylic acids is 4. The summed E-state index contributed by atoms with van der Waals surface area (Å²) in [5.74, 6) is -4.54. The number of methoxy groups -OCH3 is 1. The molecule has 1 aromatic heterocycles. The van der Waals surface area contributed by atoms with Crippen molar-refractivity contribution in [2.75, 3.05) is 38.3 Å². The average Bonchev–Trinajstić information content (AvgIpc) is 4.00. The maximum atomic E-state index is 16.0. The summed E-state index contributed by atoms with van der Waals surface area (Å²) in [7, 11) is 1.35. The van der Waals surface area contributed by atoms with Crippen molar-refractivity contribution < 1.29 is 53.2 Å². The molecule has 1 aliphatic heterocycles. The number of piperazine rings is 1. The van der Waals surface area contributed by atoms with Crippen molar-refractivity contribution in [1.82, 2.24) is 9.47 Å². The monoisotopic (exact) mass is 832 g/mol. The van der Waals surface area contributed by atoms with E-state index in [1.807, 2.05) is 19.9 Å². The highest BCUT2D eigenvalue weighted by Crippen LogP contribution is 2.67. The van der Waals surface area contributed by atoms with Gasteiger partial charge < -0.3 is 44.9 Å². The molecular formula is C44H53FN4O11. The van der Waals surface area contributed by atoms with Crippen molar-refractivity contribution in [3.8, 4) is 5.75 Å². The fourth-order valence-electron chi connectivity index (χ4n) is 11.8. The van der Waals surface area contributed by atoms with E-state index in [4.69, 9.17) is 15.2 Å². The minimum absolute atomic E-state index is 0.00482. The highest BCUT2D eigenvalue weighted by Gasteiger charge is 2.68. The van der Waals surface area contributed by atoms with Crippen molar-refractivity contribution in [2.45, 2.75) is 102 Å². The van der Waals surface area contributed by atoms with Gasteiger partial charge in [0, 0.05) is 54.7 Å². The molecule has 5 aliphatic carbocycles. The summed E-state index contributed by atoms with van der Waals surface area (Å²) in [4.78, 5) is 80.8. The Hall–Kier alpha value is -4.93. The third-order valence-corrected chi connectivity index (χ3v) is 15.0. The van der Waals surface area contributed by atoms with Crippen LogP contribution in [0, 0.1) is 34.4 Å². The Labute approximate surface area is 346 Å². The number of nitrogens with two attached hydrogens (primary N) is 1. The average molecular weight is 833 g/mol. The lowest BCUT2D eigenvalue weighted by molar-refractivity contribution is -0.181. The number of halogens is 1. The number of benzene rings is 1. The predicted octanol–water partition coefficient (Wildman–Crippen LogP) is 3.06. The molecular weight excluding hydrogens is 779 g/mol. The third kappa shape index (κ3) is 6.48. The molecule has 5 fully saturated rings.